The van der Waals surface area contributed by atoms with Gasteiger partial charge in [-0.15, -0.1) is 4.52 Å². The number of hydrogen-bond donors (Lipinski definition) is 1. The van der Waals surface area contributed by atoms with Crippen molar-refractivity contribution >= 4 is 32.7 Å². The van der Waals surface area contributed by atoms with Gasteiger partial charge in [0.05, 0.1) is 23.5 Å². The zero-order valence-electron chi connectivity index (χ0n) is 30.0. The van der Waals surface area contributed by atoms with Crippen LogP contribution in [0.15, 0.2) is 115 Å². The van der Waals surface area contributed by atoms with Gasteiger partial charge in [0.15, 0.2) is 0 Å². The maximum atomic E-state index is 13.9. The van der Waals surface area contributed by atoms with Crippen LogP contribution >= 0.6 is 8.03 Å². The number of carbonyl (C=O) groups is 1. The second-order valence-corrected chi connectivity index (χ2v) is 19.6. The molecule has 1 heterocycles. The second kappa shape index (κ2) is 16.8. The molecule has 2 atom stereocenters. The van der Waals surface area contributed by atoms with Gasteiger partial charge < -0.3 is 9.53 Å². The fourth-order valence-electron chi connectivity index (χ4n) is 6.82. The summed E-state index contributed by atoms with van der Waals surface area (Å²) in [6.45, 7) is 10.8. The number of rotatable bonds is 16. The average molecular weight is 726 g/mol. The molecule has 0 amide bonds. The van der Waals surface area contributed by atoms with Crippen LogP contribution in [-0.4, -0.2) is 48.0 Å². The lowest BCUT2D eigenvalue weighted by Gasteiger charge is -2.44. The maximum Gasteiger partial charge on any atom is 0.510 e. The summed E-state index contributed by atoms with van der Waals surface area (Å²) in [6, 6.07) is 36.2. The summed E-state index contributed by atoms with van der Waals surface area (Å²) in [5.74, 6) is -1.20. The Bertz CT molecular complexity index is 1860. The van der Waals surface area contributed by atoms with Crippen molar-refractivity contribution in [3.05, 3.63) is 132 Å². The Hall–Kier alpha value is -4.27. The Balaban J connectivity index is 1.36. The van der Waals surface area contributed by atoms with Crippen molar-refractivity contribution in [2.75, 3.05) is 12.8 Å². The van der Waals surface area contributed by atoms with E-state index in [1.165, 1.54) is 12.1 Å². The van der Waals surface area contributed by atoms with Crippen molar-refractivity contribution in [1.29, 1.82) is 0 Å². The summed E-state index contributed by atoms with van der Waals surface area (Å²) < 4.78 is 42.4. The molecule has 0 saturated carbocycles. The molecule has 1 aromatic heterocycles. The molecule has 266 valence electrons. The summed E-state index contributed by atoms with van der Waals surface area (Å²) in [5, 5.41) is 16.6. The fraction of sp³-hybridized carbons (Fsp3) is 0.317. The Morgan fingerprint density at radius 2 is 1.43 bits per heavy atom. The average Bonchev–Trinajstić information content (AvgIpc) is 3.49. The molecule has 1 N–H and O–H groups in total. The van der Waals surface area contributed by atoms with E-state index >= 15 is 0 Å². The predicted molar refractivity (Wildman–Crippen MR) is 205 cm³/mol. The molecule has 2 unspecified atom stereocenters. The molecule has 10 heteroatoms. The molecule has 4 aromatic carbocycles. The van der Waals surface area contributed by atoms with E-state index < -0.39 is 28.4 Å². The molecule has 0 saturated heterocycles. The van der Waals surface area contributed by atoms with Gasteiger partial charge in [-0.2, -0.15) is 5.10 Å². The van der Waals surface area contributed by atoms with Crippen LogP contribution in [0, 0.1) is 5.82 Å². The molecular formula is C41H47FN2O5PSi+. The molecule has 0 aliphatic carbocycles. The predicted octanol–water partition coefficient (Wildman–Crippen LogP) is 8.91. The zero-order valence-corrected chi connectivity index (χ0v) is 31.9. The minimum Gasteiger partial charge on any atom is -0.481 e. The molecule has 0 aliphatic heterocycles. The third-order valence-corrected chi connectivity index (χ3v) is 15.3. The maximum absolute atomic E-state index is 13.9. The Kier molecular flexibility index (Phi) is 12.5. The van der Waals surface area contributed by atoms with Crippen molar-refractivity contribution < 1.29 is 27.8 Å². The van der Waals surface area contributed by atoms with E-state index in [4.69, 9.17) is 14.0 Å². The standard InChI is InChI=1S/C41H46FN2O5PSi/c1-30(2)40-37(39(31-23-25-32(42)26-24-31)43-44(40)33-16-9-6-10-17-33)22-15-27-48-50(47)29-34(28-38(45)46)49-51(41(3,4)5,35-18-11-7-12-19-35)36-20-13-8-14-21-36/h6-14,16-21,23-26,30,34H,15,22,27-29H2,1-5H3/p+1. The first kappa shape index (κ1) is 38.0. The molecule has 0 fully saturated rings. The quantitative estimate of drug-likeness (QED) is 0.0621. The Morgan fingerprint density at radius 1 is 0.882 bits per heavy atom. The van der Waals surface area contributed by atoms with Crippen LogP contribution in [0.25, 0.3) is 16.9 Å². The molecule has 51 heavy (non-hydrogen) atoms. The van der Waals surface area contributed by atoms with Crippen LogP contribution in [0.3, 0.4) is 0 Å². The van der Waals surface area contributed by atoms with Gasteiger partial charge in [0.25, 0.3) is 8.32 Å². The highest BCUT2D eigenvalue weighted by Gasteiger charge is 2.52. The molecule has 7 nitrogen and oxygen atoms in total. The van der Waals surface area contributed by atoms with E-state index in [0.717, 1.165) is 38.6 Å². The summed E-state index contributed by atoms with van der Waals surface area (Å²) >= 11 is 0. The first-order chi connectivity index (χ1) is 24.4. The van der Waals surface area contributed by atoms with Gasteiger partial charge in [0.2, 0.25) is 6.16 Å². The van der Waals surface area contributed by atoms with Crippen molar-refractivity contribution in [2.45, 2.75) is 70.9 Å². The number of carboxylic acid groups (broad SMARTS) is 1. The SMILES string of the molecule is CC(C)c1c(CCCO[P+](=O)CC(CC(=O)O)O[Si](c2ccccc2)(c2ccccc2)C(C)(C)C)c(-c2ccc(F)cc2)nn1-c1ccccc1. The third-order valence-electron chi connectivity index (χ3n) is 9.01. The number of aliphatic carboxylic acids is 1. The first-order valence-corrected chi connectivity index (χ1v) is 20.7. The van der Waals surface area contributed by atoms with Crippen molar-refractivity contribution in [3.8, 4) is 16.9 Å². The van der Waals surface area contributed by atoms with E-state index in [-0.39, 0.29) is 36.0 Å². The minimum atomic E-state index is -3.09. The molecule has 0 spiro atoms. The lowest BCUT2D eigenvalue weighted by molar-refractivity contribution is -0.138. The van der Waals surface area contributed by atoms with Gasteiger partial charge in [-0.05, 0) is 75.1 Å². The highest BCUT2D eigenvalue weighted by atomic mass is 31.1. The number of hydrogen-bond acceptors (Lipinski definition) is 5. The van der Waals surface area contributed by atoms with E-state index in [9.17, 15) is 18.9 Å². The summed E-state index contributed by atoms with van der Waals surface area (Å²) in [7, 11) is -5.34. The molecular weight excluding hydrogens is 679 g/mol. The number of aromatic nitrogens is 2. The molecule has 0 aliphatic rings. The summed E-state index contributed by atoms with van der Waals surface area (Å²) in [4.78, 5) is 12.1. The van der Waals surface area contributed by atoms with Crippen LogP contribution in [0.1, 0.15) is 64.6 Å². The lowest BCUT2D eigenvalue weighted by atomic mass is 9.96. The van der Waals surface area contributed by atoms with Gasteiger partial charge in [-0.3, -0.25) is 4.79 Å². The van der Waals surface area contributed by atoms with Crippen LogP contribution in [0.4, 0.5) is 4.39 Å². The van der Waals surface area contributed by atoms with Gasteiger partial charge in [-0.25, -0.2) is 9.07 Å². The van der Waals surface area contributed by atoms with E-state index in [1.807, 2.05) is 95.7 Å². The van der Waals surface area contributed by atoms with E-state index in [0.29, 0.717) is 12.8 Å². The van der Waals surface area contributed by atoms with Crippen LogP contribution < -0.4 is 10.4 Å². The van der Waals surface area contributed by atoms with Crippen molar-refractivity contribution in [1.82, 2.24) is 9.78 Å². The highest BCUT2D eigenvalue weighted by molar-refractivity contribution is 7.39. The lowest BCUT2D eigenvalue weighted by Crippen LogP contribution is -2.68. The van der Waals surface area contributed by atoms with Gasteiger partial charge >= 0.3 is 14.0 Å². The normalized spacial score (nSPS) is 13.0. The Labute approximate surface area is 302 Å². The van der Waals surface area contributed by atoms with Gasteiger partial charge in [0.1, 0.15) is 18.5 Å². The largest absolute Gasteiger partial charge is 0.510 e. The first-order valence-electron chi connectivity index (χ1n) is 17.4. The Morgan fingerprint density at radius 3 is 1.94 bits per heavy atom. The van der Waals surface area contributed by atoms with Gasteiger partial charge in [-0.1, -0.05) is 113 Å². The smallest absolute Gasteiger partial charge is 0.481 e. The number of halogens is 1. The minimum absolute atomic E-state index is 0.0455. The number of nitrogens with zero attached hydrogens (tertiary/aromatic N) is 2. The van der Waals surface area contributed by atoms with Gasteiger partial charge in [0, 0.05) is 11.1 Å². The summed E-state index contributed by atoms with van der Waals surface area (Å²) in [6.07, 6.45) is -0.0380. The topological polar surface area (TPSA) is 90.7 Å². The van der Waals surface area contributed by atoms with E-state index in [1.54, 1.807) is 12.1 Å². The number of para-hydroxylation sites is 1. The van der Waals surface area contributed by atoms with E-state index in [2.05, 4.69) is 34.6 Å². The fourth-order valence-corrected chi connectivity index (χ4v) is 12.6. The summed E-state index contributed by atoms with van der Waals surface area (Å²) in [5.41, 5.74) is 4.59. The second-order valence-electron chi connectivity index (χ2n) is 14.1. The highest BCUT2D eigenvalue weighted by Crippen LogP contribution is 2.39. The molecule has 0 bridgehead atoms. The van der Waals surface area contributed by atoms with Crippen LogP contribution in [0.5, 0.6) is 0 Å². The van der Waals surface area contributed by atoms with Crippen molar-refractivity contribution in [3.63, 3.8) is 0 Å². The molecule has 0 radical (unpaired) electrons. The van der Waals surface area contributed by atoms with Crippen LogP contribution in [0.2, 0.25) is 5.04 Å². The van der Waals surface area contributed by atoms with Crippen LogP contribution in [-0.2, 0) is 24.7 Å². The number of carboxylic acids is 1. The molecule has 5 rings (SSSR count). The zero-order chi connectivity index (χ0) is 36.6. The molecule has 5 aromatic rings. The number of benzene rings is 4. The van der Waals surface area contributed by atoms with Crippen molar-refractivity contribution in [2.24, 2.45) is 0 Å². The monoisotopic (exact) mass is 725 g/mol. The third kappa shape index (κ3) is 8.97.